The first kappa shape index (κ1) is 12.4. The summed E-state index contributed by atoms with van der Waals surface area (Å²) in [6, 6.07) is 9.46. The minimum absolute atomic E-state index is 0.254. The number of aromatic nitrogens is 4. The lowest BCUT2D eigenvalue weighted by molar-refractivity contribution is 0.102. The number of fused-ring (bicyclic) bond motifs is 1. The second kappa shape index (κ2) is 4.80. The number of anilines is 1. The molecule has 0 saturated heterocycles. The summed E-state index contributed by atoms with van der Waals surface area (Å²) in [7, 11) is 1.82. The van der Waals surface area contributed by atoms with Crippen LogP contribution in [0.1, 0.15) is 23.1 Å². The van der Waals surface area contributed by atoms with Crippen LogP contribution in [0.5, 0.6) is 0 Å². The number of aryl methyl sites for hydroxylation is 2. The summed E-state index contributed by atoms with van der Waals surface area (Å²) >= 11 is 0. The quantitative estimate of drug-likeness (QED) is 0.764. The molecule has 6 heteroatoms. The Kier molecular flexibility index (Phi) is 2.98. The van der Waals surface area contributed by atoms with Gasteiger partial charge in [0, 0.05) is 24.2 Å². The van der Waals surface area contributed by atoms with Crippen LogP contribution in [0.15, 0.2) is 30.3 Å². The molecule has 1 aromatic carbocycles. The van der Waals surface area contributed by atoms with E-state index in [1.165, 1.54) is 0 Å². The van der Waals surface area contributed by atoms with Crippen molar-refractivity contribution in [3.05, 3.63) is 41.7 Å². The molecule has 2 heterocycles. The Morgan fingerprint density at radius 1 is 1.40 bits per heavy atom. The zero-order valence-corrected chi connectivity index (χ0v) is 11.3. The fourth-order valence-electron chi connectivity index (χ4n) is 2.16. The largest absolute Gasteiger partial charge is 0.304 e. The minimum atomic E-state index is -0.254. The van der Waals surface area contributed by atoms with Crippen LogP contribution in [-0.2, 0) is 13.5 Å². The van der Waals surface area contributed by atoms with Crippen molar-refractivity contribution in [1.82, 2.24) is 20.0 Å². The van der Waals surface area contributed by atoms with Crippen molar-refractivity contribution in [3.63, 3.8) is 0 Å². The first-order valence-corrected chi connectivity index (χ1v) is 6.46. The third-order valence-electron chi connectivity index (χ3n) is 3.23. The highest BCUT2D eigenvalue weighted by Gasteiger charge is 2.16. The molecule has 102 valence electrons. The van der Waals surface area contributed by atoms with E-state index < -0.39 is 0 Å². The van der Waals surface area contributed by atoms with Gasteiger partial charge < -0.3 is 5.32 Å². The van der Waals surface area contributed by atoms with E-state index >= 15 is 0 Å². The van der Waals surface area contributed by atoms with E-state index in [0.29, 0.717) is 11.5 Å². The molecule has 0 unspecified atom stereocenters. The molecule has 0 aliphatic rings. The van der Waals surface area contributed by atoms with Gasteiger partial charge in [-0.15, -0.1) is 0 Å². The predicted octanol–water partition coefficient (Wildman–Crippen LogP) is 2.11. The molecule has 0 aliphatic carbocycles. The number of amides is 1. The highest BCUT2D eigenvalue weighted by atomic mass is 16.2. The van der Waals surface area contributed by atoms with Gasteiger partial charge in [-0.05, 0) is 12.5 Å². The molecule has 20 heavy (non-hydrogen) atoms. The molecule has 1 amide bonds. The molecule has 0 aliphatic heterocycles. The van der Waals surface area contributed by atoms with Gasteiger partial charge in [-0.1, -0.05) is 25.1 Å². The second-order valence-electron chi connectivity index (χ2n) is 4.58. The number of nitrogens with one attached hydrogen (secondary N) is 2. The Labute approximate surface area is 115 Å². The Balaban J connectivity index is 1.92. The highest BCUT2D eigenvalue weighted by Crippen LogP contribution is 2.18. The van der Waals surface area contributed by atoms with Crippen LogP contribution in [0.25, 0.3) is 10.9 Å². The number of carbonyl (C=O) groups excluding carboxylic acids is 1. The maximum atomic E-state index is 12.3. The van der Waals surface area contributed by atoms with Crippen molar-refractivity contribution in [3.8, 4) is 0 Å². The lowest BCUT2D eigenvalue weighted by Gasteiger charge is -1.98. The Morgan fingerprint density at radius 3 is 2.95 bits per heavy atom. The predicted molar refractivity (Wildman–Crippen MR) is 76.6 cm³/mol. The third kappa shape index (κ3) is 2.05. The summed E-state index contributed by atoms with van der Waals surface area (Å²) in [5, 5.41) is 14.8. The van der Waals surface area contributed by atoms with Gasteiger partial charge in [0.2, 0.25) is 0 Å². The highest BCUT2D eigenvalue weighted by molar-refractivity contribution is 6.10. The van der Waals surface area contributed by atoms with Crippen molar-refractivity contribution in [2.75, 3.05) is 5.32 Å². The van der Waals surface area contributed by atoms with Gasteiger partial charge in [-0.2, -0.15) is 10.2 Å². The summed E-state index contributed by atoms with van der Waals surface area (Å²) in [6.07, 6.45) is 0.843. The monoisotopic (exact) mass is 269 g/mol. The number of nitrogens with zero attached hydrogens (tertiary/aromatic N) is 3. The first-order chi connectivity index (χ1) is 9.69. The van der Waals surface area contributed by atoms with E-state index in [-0.39, 0.29) is 5.91 Å². The number of hydrogen-bond donors (Lipinski definition) is 2. The molecular formula is C14H15N5O. The van der Waals surface area contributed by atoms with Crippen LogP contribution in [-0.4, -0.2) is 25.9 Å². The number of rotatable bonds is 3. The zero-order valence-electron chi connectivity index (χ0n) is 11.3. The zero-order chi connectivity index (χ0) is 14.1. The molecule has 0 bridgehead atoms. The number of benzene rings is 1. The number of carbonyl (C=O) groups is 1. The van der Waals surface area contributed by atoms with Gasteiger partial charge in [0.1, 0.15) is 0 Å². The Bertz CT molecular complexity index is 771. The molecule has 0 spiro atoms. The standard InChI is InChI=1S/C14H15N5O/c1-3-9-8-12(17-16-9)15-14(20)13-10-6-4-5-7-11(10)19(2)18-13/h4-8H,3H2,1-2H3,(H2,15,16,17,20). The molecule has 0 fully saturated rings. The van der Waals surface area contributed by atoms with Crippen molar-refractivity contribution >= 4 is 22.6 Å². The summed E-state index contributed by atoms with van der Waals surface area (Å²) < 4.78 is 1.70. The van der Waals surface area contributed by atoms with Crippen LogP contribution in [0, 0.1) is 0 Å². The Hall–Kier alpha value is -2.63. The maximum Gasteiger partial charge on any atom is 0.278 e. The van der Waals surface area contributed by atoms with Crippen molar-refractivity contribution in [1.29, 1.82) is 0 Å². The van der Waals surface area contributed by atoms with Crippen LogP contribution in [0.3, 0.4) is 0 Å². The molecule has 2 aromatic heterocycles. The smallest absolute Gasteiger partial charge is 0.278 e. The number of hydrogen-bond acceptors (Lipinski definition) is 3. The molecular weight excluding hydrogens is 254 g/mol. The topological polar surface area (TPSA) is 75.6 Å². The van der Waals surface area contributed by atoms with E-state index in [9.17, 15) is 4.79 Å². The van der Waals surface area contributed by atoms with E-state index in [4.69, 9.17) is 0 Å². The van der Waals surface area contributed by atoms with E-state index in [1.54, 1.807) is 4.68 Å². The van der Waals surface area contributed by atoms with E-state index in [2.05, 4.69) is 20.6 Å². The molecule has 0 atom stereocenters. The summed E-state index contributed by atoms with van der Waals surface area (Å²) in [5.41, 5.74) is 2.31. The maximum absolute atomic E-state index is 12.3. The SMILES string of the molecule is CCc1cc(NC(=O)c2nn(C)c3ccccc23)n[nH]1. The molecule has 3 aromatic rings. The van der Waals surface area contributed by atoms with Gasteiger partial charge in [0.25, 0.3) is 5.91 Å². The van der Waals surface area contributed by atoms with E-state index in [1.807, 2.05) is 44.3 Å². The summed E-state index contributed by atoms with van der Waals surface area (Å²) in [4.78, 5) is 12.3. The average molecular weight is 269 g/mol. The van der Waals surface area contributed by atoms with Gasteiger partial charge in [-0.3, -0.25) is 14.6 Å². The normalized spacial score (nSPS) is 10.9. The lowest BCUT2D eigenvalue weighted by atomic mass is 10.2. The van der Waals surface area contributed by atoms with Crippen molar-refractivity contribution in [2.45, 2.75) is 13.3 Å². The van der Waals surface area contributed by atoms with Gasteiger partial charge in [0.15, 0.2) is 11.5 Å². The van der Waals surface area contributed by atoms with E-state index in [0.717, 1.165) is 23.0 Å². The fraction of sp³-hybridized carbons (Fsp3) is 0.214. The average Bonchev–Trinajstić information content (AvgIpc) is 3.04. The van der Waals surface area contributed by atoms with Crippen LogP contribution in [0.2, 0.25) is 0 Å². The fourth-order valence-corrected chi connectivity index (χ4v) is 2.16. The molecule has 0 radical (unpaired) electrons. The summed E-state index contributed by atoms with van der Waals surface area (Å²) in [5.74, 6) is 0.262. The molecule has 3 rings (SSSR count). The Morgan fingerprint density at radius 2 is 2.20 bits per heavy atom. The van der Waals surface area contributed by atoms with Crippen LogP contribution in [0.4, 0.5) is 5.82 Å². The van der Waals surface area contributed by atoms with Gasteiger partial charge in [0.05, 0.1) is 5.52 Å². The second-order valence-corrected chi connectivity index (χ2v) is 4.58. The number of para-hydroxylation sites is 1. The first-order valence-electron chi connectivity index (χ1n) is 6.46. The summed E-state index contributed by atoms with van der Waals surface area (Å²) in [6.45, 7) is 2.02. The van der Waals surface area contributed by atoms with Crippen molar-refractivity contribution < 1.29 is 4.79 Å². The van der Waals surface area contributed by atoms with Crippen LogP contribution >= 0.6 is 0 Å². The third-order valence-corrected chi connectivity index (χ3v) is 3.23. The van der Waals surface area contributed by atoms with Gasteiger partial charge >= 0.3 is 0 Å². The number of H-pyrrole nitrogens is 1. The molecule has 6 nitrogen and oxygen atoms in total. The lowest BCUT2D eigenvalue weighted by Crippen LogP contribution is -2.13. The molecule has 0 saturated carbocycles. The van der Waals surface area contributed by atoms with Crippen molar-refractivity contribution in [2.24, 2.45) is 7.05 Å². The van der Waals surface area contributed by atoms with Gasteiger partial charge in [-0.25, -0.2) is 0 Å². The minimum Gasteiger partial charge on any atom is -0.304 e. The number of aromatic amines is 1. The van der Waals surface area contributed by atoms with Crippen LogP contribution < -0.4 is 5.32 Å². The molecule has 2 N–H and O–H groups in total.